The number of amides is 1. The number of hydrogen-bond donors (Lipinski definition) is 1. The van der Waals surface area contributed by atoms with Crippen molar-refractivity contribution in [1.82, 2.24) is 4.98 Å². The molecule has 0 spiro atoms. The number of rotatable bonds is 12. The number of aliphatic hydroxyl groups is 1. The quantitative estimate of drug-likeness (QED) is 0.224. The predicted molar refractivity (Wildman–Crippen MR) is 145 cm³/mol. The summed E-state index contributed by atoms with van der Waals surface area (Å²) >= 11 is 1.25. The summed E-state index contributed by atoms with van der Waals surface area (Å²) in [6.07, 6.45) is 7.71. The second kappa shape index (κ2) is 12.4. The van der Waals surface area contributed by atoms with E-state index >= 15 is 0 Å². The first-order chi connectivity index (χ1) is 18.0. The highest BCUT2D eigenvalue weighted by Crippen LogP contribution is 2.44. The first-order valence-electron chi connectivity index (χ1n) is 12.4. The summed E-state index contributed by atoms with van der Waals surface area (Å²) in [5, 5.41) is 13.0. The molecule has 1 amide bonds. The molecule has 1 unspecified atom stereocenters. The normalized spacial score (nSPS) is 15.6. The molecule has 1 aliphatic rings. The smallest absolute Gasteiger partial charge is 0.296 e. The van der Waals surface area contributed by atoms with E-state index < -0.39 is 23.5 Å². The van der Waals surface area contributed by atoms with Gasteiger partial charge in [0.05, 0.1) is 24.8 Å². The van der Waals surface area contributed by atoms with Crippen LogP contribution in [0.15, 0.2) is 77.5 Å². The number of anilines is 1. The molecule has 1 atom stereocenters. The zero-order chi connectivity index (χ0) is 26.2. The topological polar surface area (TPSA) is 89.0 Å². The minimum Gasteiger partial charge on any atom is -0.503 e. The van der Waals surface area contributed by atoms with E-state index in [0.29, 0.717) is 35.4 Å². The summed E-state index contributed by atoms with van der Waals surface area (Å²) in [6.45, 7) is 4.99. The standard InChI is InChI=1S/C29H30N2O5S/c1-3-5-9-17-36-23-15-13-21(19-24(23)35-4-2)26-25(22(32)14-12-20-10-7-6-8-11-20)27(33)28(34)31(26)29-30-16-18-37-29/h6-8,10-16,18-19,26,33H,3-5,9,17H2,1-2H3/b14-12+. The number of unbranched alkanes of at least 4 members (excludes halogenated alkanes) is 2. The van der Waals surface area contributed by atoms with E-state index in [2.05, 4.69) is 11.9 Å². The van der Waals surface area contributed by atoms with E-state index in [0.717, 1.165) is 24.8 Å². The maximum absolute atomic E-state index is 13.4. The summed E-state index contributed by atoms with van der Waals surface area (Å²) in [5.41, 5.74) is 1.43. The van der Waals surface area contributed by atoms with Gasteiger partial charge in [0.2, 0.25) is 0 Å². The molecule has 3 aromatic rings. The zero-order valence-corrected chi connectivity index (χ0v) is 21.7. The van der Waals surface area contributed by atoms with Crippen LogP contribution in [0.2, 0.25) is 0 Å². The van der Waals surface area contributed by atoms with E-state index in [4.69, 9.17) is 9.47 Å². The molecule has 8 heteroatoms. The molecule has 2 aromatic carbocycles. The second-order valence-corrected chi connectivity index (χ2v) is 9.33. The number of carbonyl (C=O) groups is 2. The van der Waals surface area contributed by atoms with Crippen LogP contribution in [-0.2, 0) is 9.59 Å². The molecular formula is C29H30N2O5S. The van der Waals surface area contributed by atoms with Crippen LogP contribution >= 0.6 is 11.3 Å². The number of aliphatic hydroxyl groups excluding tert-OH is 1. The molecule has 37 heavy (non-hydrogen) atoms. The lowest BCUT2D eigenvalue weighted by molar-refractivity contribution is -0.117. The van der Waals surface area contributed by atoms with Gasteiger partial charge in [-0.25, -0.2) is 4.98 Å². The SMILES string of the molecule is CCCCCOc1ccc(C2C(C(=O)/C=C/c3ccccc3)=C(O)C(=O)N2c2nccs2)cc1OCC. The third kappa shape index (κ3) is 5.91. The molecule has 0 bridgehead atoms. The van der Waals surface area contributed by atoms with Crippen molar-refractivity contribution < 1.29 is 24.2 Å². The van der Waals surface area contributed by atoms with Crippen LogP contribution in [0.5, 0.6) is 11.5 Å². The summed E-state index contributed by atoms with van der Waals surface area (Å²) < 4.78 is 11.8. The fraction of sp³-hybridized carbons (Fsp3) is 0.276. The molecule has 2 heterocycles. The summed E-state index contributed by atoms with van der Waals surface area (Å²) in [4.78, 5) is 32.2. The molecular weight excluding hydrogens is 488 g/mol. The van der Waals surface area contributed by atoms with Gasteiger partial charge >= 0.3 is 0 Å². The van der Waals surface area contributed by atoms with Gasteiger partial charge in [-0.15, -0.1) is 11.3 Å². The van der Waals surface area contributed by atoms with E-state index in [1.165, 1.54) is 22.3 Å². The van der Waals surface area contributed by atoms with Crippen molar-refractivity contribution in [2.24, 2.45) is 0 Å². The van der Waals surface area contributed by atoms with Crippen LogP contribution < -0.4 is 14.4 Å². The van der Waals surface area contributed by atoms with Gasteiger partial charge < -0.3 is 14.6 Å². The Balaban J connectivity index is 1.73. The molecule has 1 aliphatic heterocycles. The molecule has 1 N–H and O–H groups in total. The van der Waals surface area contributed by atoms with Crippen molar-refractivity contribution in [2.45, 2.75) is 39.2 Å². The number of ether oxygens (including phenoxy) is 2. The lowest BCUT2D eigenvalue weighted by Gasteiger charge is -2.25. The number of aromatic nitrogens is 1. The Morgan fingerprint density at radius 3 is 2.62 bits per heavy atom. The summed E-state index contributed by atoms with van der Waals surface area (Å²) in [6, 6.07) is 13.8. The average Bonchev–Trinajstić information content (AvgIpc) is 3.53. The van der Waals surface area contributed by atoms with Crippen molar-refractivity contribution >= 4 is 34.2 Å². The summed E-state index contributed by atoms with van der Waals surface area (Å²) in [5.74, 6) is -0.607. The van der Waals surface area contributed by atoms with Gasteiger partial charge in [0, 0.05) is 11.6 Å². The molecule has 0 saturated heterocycles. The molecule has 7 nitrogen and oxygen atoms in total. The van der Waals surface area contributed by atoms with Crippen molar-refractivity contribution in [3.63, 3.8) is 0 Å². The highest BCUT2D eigenvalue weighted by atomic mass is 32.1. The van der Waals surface area contributed by atoms with Crippen LogP contribution in [0.3, 0.4) is 0 Å². The number of thiazole rings is 1. The fourth-order valence-corrected chi connectivity index (χ4v) is 4.81. The van der Waals surface area contributed by atoms with E-state index in [9.17, 15) is 14.7 Å². The molecule has 4 rings (SSSR count). The van der Waals surface area contributed by atoms with Crippen molar-refractivity contribution in [3.8, 4) is 11.5 Å². The minimum atomic E-state index is -0.875. The molecule has 0 aliphatic carbocycles. The summed E-state index contributed by atoms with van der Waals surface area (Å²) in [7, 11) is 0. The highest BCUT2D eigenvalue weighted by Gasteiger charge is 2.45. The van der Waals surface area contributed by atoms with E-state index in [1.807, 2.05) is 37.3 Å². The molecule has 0 fully saturated rings. The highest BCUT2D eigenvalue weighted by molar-refractivity contribution is 7.13. The zero-order valence-electron chi connectivity index (χ0n) is 20.9. The Hall–Kier alpha value is -3.91. The lowest BCUT2D eigenvalue weighted by atomic mass is 9.95. The van der Waals surface area contributed by atoms with Crippen molar-refractivity contribution in [3.05, 3.63) is 88.6 Å². The third-order valence-corrected chi connectivity index (χ3v) is 6.69. The monoisotopic (exact) mass is 518 g/mol. The number of ketones is 1. The lowest BCUT2D eigenvalue weighted by Crippen LogP contribution is -2.30. The Morgan fingerprint density at radius 2 is 1.92 bits per heavy atom. The number of benzene rings is 2. The van der Waals surface area contributed by atoms with E-state index in [-0.39, 0.29) is 5.57 Å². The van der Waals surface area contributed by atoms with Gasteiger partial charge in [-0.05, 0) is 42.7 Å². The molecule has 192 valence electrons. The van der Waals surface area contributed by atoms with Crippen molar-refractivity contribution in [1.29, 1.82) is 0 Å². The van der Waals surface area contributed by atoms with Gasteiger partial charge in [0.25, 0.3) is 5.91 Å². The molecule has 0 saturated carbocycles. The number of hydrogen-bond acceptors (Lipinski definition) is 7. The van der Waals surface area contributed by atoms with Gasteiger partial charge in [-0.2, -0.15) is 0 Å². The van der Waals surface area contributed by atoms with Crippen LogP contribution in [-0.4, -0.2) is 35.0 Å². The maximum atomic E-state index is 13.4. The Labute approximate surface area is 220 Å². The predicted octanol–water partition coefficient (Wildman–Crippen LogP) is 6.29. The Bertz CT molecular complexity index is 1280. The van der Waals surface area contributed by atoms with Crippen LogP contribution in [0, 0.1) is 0 Å². The fourth-order valence-electron chi connectivity index (χ4n) is 4.15. The minimum absolute atomic E-state index is 0.00792. The van der Waals surface area contributed by atoms with Gasteiger partial charge in [0.1, 0.15) is 0 Å². The first-order valence-corrected chi connectivity index (χ1v) is 13.3. The van der Waals surface area contributed by atoms with Crippen LogP contribution in [0.4, 0.5) is 5.13 Å². The molecule has 0 radical (unpaired) electrons. The molecule has 1 aromatic heterocycles. The first kappa shape index (κ1) is 26.2. The number of carbonyl (C=O) groups excluding carboxylic acids is 2. The second-order valence-electron chi connectivity index (χ2n) is 8.46. The Kier molecular flexibility index (Phi) is 8.74. The van der Waals surface area contributed by atoms with Crippen LogP contribution in [0.25, 0.3) is 6.08 Å². The number of allylic oxidation sites excluding steroid dienone is 1. The van der Waals surface area contributed by atoms with E-state index in [1.54, 1.807) is 35.9 Å². The van der Waals surface area contributed by atoms with Gasteiger partial charge in [0.15, 0.2) is 28.2 Å². The average molecular weight is 519 g/mol. The maximum Gasteiger partial charge on any atom is 0.296 e. The van der Waals surface area contributed by atoms with Crippen molar-refractivity contribution in [2.75, 3.05) is 18.1 Å². The van der Waals surface area contributed by atoms with Gasteiger partial charge in [-0.3, -0.25) is 14.5 Å². The largest absolute Gasteiger partial charge is 0.503 e. The Morgan fingerprint density at radius 1 is 1.11 bits per heavy atom. The third-order valence-electron chi connectivity index (χ3n) is 5.91. The van der Waals surface area contributed by atoms with Crippen LogP contribution in [0.1, 0.15) is 50.3 Å². The number of nitrogens with zero attached hydrogens (tertiary/aromatic N) is 2. The van der Waals surface area contributed by atoms with Gasteiger partial charge in [-0.1, -0.05) is 62.2 Å².